The summed E-state index contributed by atoms with van der Waals surface area (Å²) in [5.74, 6) is 3.64. The number of amides is 2. The van der Waals surface area contributed by atoms with Crippen LogP contribution in [0.1, 0.15) is 90.2 Å². The molecule has 2 amide bonds. The van der Waals surface area contributed by atoms with E-state index in [9.17, 15) is 9.59 Å². The summed E-state index contributed by atoms with van der Waals surface area (Å²) in [5, 5.41) is 9.15. The largest absolute Gasteiger partial charge is 0.444 e. The van der Waals surface area contributed by atoms with E-state index in [2.05, 4.69) is 64.8 Å². The Bertz CT molecular complexity index is 3100. The summed E-state index contributed by atoms with van der Waals surface area (Å²) in [5.41, 5.74) is 4.20. The number of anilines is 4. The number of benzene rings is 4. The van der Waals surface area contributed by atoms with Gasteiger partial charge in [0.05, 0.1) is 34.8 Å². The predicted molar refractivity (Wildman–Crippen MR) is 297 cm³/mol. The highest BCUT2D eigenvalue weighted by atomic mass is 35.5. The molecule has 0 bridgehead atoms. The number of likely N-dealkylation sites (tertiary alicyclic amines) is 2. The van der Waals surface area contributed by atoms with Gasteiger partial charge in [-0.05, 0) is 139 Å². The van der Waals surface area contributed by atoms with E-state index in [1.54, 1.807) is 34.3 Å². The van der Waals surface area contributed by atoms with Crippen LogP contribution in [0.15, 0.2) is 134 Å². The molecule has 0 spiro atoms. The van der Waals surface area contributed by atoms with Gasteiger partial charge >= 0.3 is 12.2 Å². The van der Waals surface area contributed by atoms with Crippen molar-refractivity contribution in [2.45, 2.75) is 90.3 Å². The number of hydrogen-bond acceptors (Lipinski definition) is 14. The van der Waals surface area contributed by atoms with Crippen LogP contribution in [0.2, 0.25) is 10.0 Å². The van der Waals surface area contributed by atoms with E-state index in [0.717, 1.165) is 58.6 Å². The monoisotopic (exact) mass is 1060 g/mol. The highest BCUT2D eigenvalue weighted by Gasteiger charge is 2.30. The van der Waals surface area contributed by atoms with Crippen LogP contribution in [-0.2, 0) is 9.47 Å². The average molecular weight is 1060 g/mol. The minimum atomic E-state index is -0.519. The van der Waals surface area contributed by atoms with Gasteiger partial charge in [-0.15, -0.1) is 0 Å². The van der Waals surface area contributed by atoms with E-state index >= 15 is 0 Å². The summed E-state index contributed by atoms with van der Waals surface area (Å²) < 4.78 is 22.8. The number of nitrogens with one attached hydrogen (secondary N) is 2. The molecule has 1 unspecified atom stereocenters. The van der Waals surface area contributed by atoms with E-state index in [1.165, 1.54) is 12.7 Å². The molecule has 0 radical (unpaired) electrons. The van der Waals surface area contributed by atoms with E-state index < -0.39 is 11.2 Å². The average Bonchev–Trinajstić information content (AvgIpc) is 3.42. The molecule has 6 heterocycles. The molecule has 2 aliphatic rings. The van der Waals surface area contributed by atoms with Crippen LogP contribution >= 0.6 is 23.2 Å². The molecule has 4 aromatic carbocycles. The Hall–Kier alpha value is -7.82. The van der Waals surface area contributed by atoms with Crippen LogP contribution < -0.4 is 20.1 Å². The van der Waals surface area contributed by atoms with Crippen molar-refractivity contribution in [3.05, 3.63) is 155 Å². The molecule has 2 N–H and O–H groups in total. The molecule has 2 fully saturated rings. The van der Waals surface area contributed by atoms with Crippen LogP contribution in [0, 0.1) is 0 Å². The number of carbonyl (C=O) groups is 2. The zero-order valence-corrected chi connectivity index (χ0v) is 44.8. The molecule has 392 valence electrons. The number of carbonyl (C=O) groups excluding carboxylic acids is 2. The van der Waals surface area contributed by atoms with Crippen LogP contribution in [-0.4, -0.2) is 89.3 Å². The zero-order valence-electron chi connectivity index (χ0n) is 43.3. The lowest BCUT2D eigenvalue weighted by Gasteiger charge is -2.34. The number of ether oxygens (including phenoxy) is 4. The van der Waals surface area contributed by atoms with E-state index in [1.807, 2.05) is 114 Å². The third-order valence-corrected chi connectivity index (χ3v) is 13.0. The van der Waals surface area contributed by atoms with Crippen molar-refractivity contribution < 1.29 is 28.5 Å². The van der Waals surface area contributed by atoms with Gasteiger partial charge in [0.2, 0.25) is 11.8 Å². The van der Waals surface area contributed by atoms with Gasteiger partial charge in [0.25, 0.3) is 0 Å². The molecule has 0 saturated carbocycles. The molecule has 8 aromatic rings. The second kappa shape index (κ2) is 23.4. The molecule has 2 saturated heterocycles. The van der Waals surface area contributed by atoms with Gasteiger partial charge in [0.1, 0.15) is 57.0 Å². The summed E-state index contributed by atoms with van der Waals surface area (Å²) in [7, 11) is 0. The fourth-order valence-corrected chi connectivity index (χ4v) is 9.36. The summed E-state index contributed by atoms with van der Waals surface area (Å²) >= 11 is 12.9. The van der Waals surface area contributed by atoms with Crippen molar-refractivity contribution in [2.75, 3.05) is 36.8 Å². The quantitative estimate of drug-likeness (QED) is 0.132. The number of piperidine rings is 2. The van der Waals surface area contributed by atoms with Crippen molar-refractivity contribution in [1.82, 2.24) is 39.7 Å². The van der Waals surface area contributed by atoms with Gasteiger partial charge in [0.15, 0.2) is 0 Å². The molecule has 16 nitrogen and oxygen atoms in total. The first-order valence-corrected chi connectivity index (χ1v) is 26.0. The second-order valence-electron chi connectivity index (χ2n) is 20.6. The topological polar surface area (TPSA) is 179 Å². The predicted octanol–water partition coefficient (Wildman–Crippen LogP) is 14.7. The first-order chi connectivity index (χ1) is 36.5. The van der Waals surface area contributed by atoms with Gasteiger partial charge < -0.3 is 39.4 Å². The van der Waals surface area contributed by atoms with E-state index in [4.69, 9.17) is 42.1 Å². The van der Waals surface area contributed by atoms with Crippen molar-refractivity contribution in [2.24, 2.45) is 0 Å². The number of hydrogen-bond donors (Lipinski definition) is 2. The van der Waals surface area contributed by atoms with Gasteiger partial charge in [0, 0.05) is 48.8 Å². The first-order valence-electron chi connectivity index (χ1n) is 25.3. The molecule has 2 aliphatic heterocycles. The summed E-state index contributed by atoms with van der Waals surface area (Å²) in [6.45, 7) is 13.9. The molecular weight excluding hydrogens is 1000 g/mol. The fraction of sp³-hybridized carbons (Fsp3) is 0.310. The van der Waals surface area contributed by atoms with E-state index in [-0.39, 0.29) is 24.0 Å². The third kappa shape index (κ3) is 13.9. The third-order valence-electron chi connectivity index (χ3n) is 12.5. The molecular formula is C58H60Cl2N10O6. The highest BCUT2D eigenvalue weighted by molar-refractivity contribution is 6.32. The van der Waals surface area contributed by atoms with Crippen molar-refractivity contribution >= 4 is 80.2 Å². The molecule has 0 aliphatic carbocycles. The number of fused-ring (bicyclic) bond motifs is 2. The standard InChI is InChI=1S/2C29H30ClN5O3/c2*1-29(2,3)38-28(36)35-13-7-8-20(17-35)19-11-12-25-23(14-19)26(33-18-32-25)34-21-15-24(30)27(31-16-21)37-22-9-5-4-6-10-22/h2*4-6,9-12,14-16,18,20H,7-8,13,17H2,1-3H3,(H,32,33,34)/t20-;/m1./s1. The Morgan fingerprint density at radius 2 is 0.947 bits per heavy atom. The first kappa shape index (κ1) is 53.0. The molecule has 2 atom stereocenters. The summed E-state index contributed by atoms with van der Waals surface area (Å²) in [6, 6.07) is 34.6. The number of aromatic nitrogens is 6. The summed E-state index contributed by atoms with van der Waals surface area (Å²) in [4.78, 5) is 55.5. The van der Waals surface area contributed by atoms with Crippen LogP contribution in [0.25, 0.3) is 21.8 Å². The maximum absolute atomic E-state index is 12.7. The number of rotatable bonds is 10. The molecule has 76 heavy (non-hydrogen) atoms. The SMILES string of the molecule is CC(C)(C)OC(=O)N1CCCC(c2ccc3ncnc(Nc4cnc(Oc5ccccc5)c(Cl)c4)c3c2)C1.CC(C)(C)OC(=O)N1CCC[C@@H](c2ccc3ncnc(Nc4cnc(Oc5ccccc5)c(Cl)c4)c3c2)C1. The lowest BCUT2D eigenvalue weighted by molar-refractivity contribution is 0.0188. The van der Waals surface area contributed by atoms with Crippen LogP contribution in [0.5, 0.6) is 23.3 Å². The normalized spacial score (nSPS) is 15.8. The summed E-state index contributed by atoms with van der Waals surface area (Å²) in [6.07, 6.45) is 9.64. The van der Waals surface area contributed by atoms with Gasteiger partial charge in [-0.25, -0.2) is 39.5 Å². The minimum Gasteiger partial charge on any atom is -0.444 e. The maximum Gasteiger partial charge on any atom is 0.410 e. The second-order valence-corrected chi connectivity index (χ2v) is 21.4. The Morgan fingerprint density at radius 3 is 1.33 bits per heavy atom. The lowest BCUT2D eigenvalue weighted by atomic mass is 9.90. The molecule has 18 heteroatoms. The lowest BCUT2D eigenvalue weighted by Crippen LogP contribution is -2.42. The Morgan fingerprint density at radius 1 is 0.539 bits per heavy atom. The van der Waals surface area contributed by atoms with Gasteiger partial charge in [-0.1, -0.05) is 71.7 Å². The fourth-order valence-electron chi connectivity index (χ4n) is 8.95. The minimum absolute atomic E-state index is 0.194. The van der Waals surface area contributed by atoms with Crippen LogP contribution in [0.4, 0.5) is 32.6 Å². The molecule has 10 rings (SSSR count). The Kier molecular flexibility index (Phi) is 16.3. The number of halogens is 2. The maximum atomic E-state index is 12.7. The number of nitrogens with zero attached hydrogens (tertiary/aromatic N) is 8. The number of pyridine rings is 2. The smallest absolute Gasteiger partial charge is 0.410 e. The Labute approximate surface area is 452 Å². The highest BCUT2D eigenvalue weighted by Crippen LogP contribution is 2.36. The van der Waals surface area contributed by atoms with Crippen molar-refractivity contribution in [1.29, 1.82) is 0 Å². The van der Waals surface area contributed by atoms with E-state index in [0.29, 0.717) is 82.5 Å². The van der Waals surface area contributed by atoms with Gasteiger partial charge in [-0.2, -0.15) is 0 Å². The van der Waals surface area contributed by atoms with Gasteiger partial charge in [-0.3, -0.25) is 0 Å². The number of para-hydroxylation sites is 2. The van der Waals surface area contributed by atoms with Crippen LogP contribution in [0.3, 0.4) is 0 Å². The molecule has 4 aromatic heterocycles. The Balaban J connectivity index is 0.000000186. The zero-order chi connectivity index (χ0) is 53.4. The van der Waals surface area contributed by atoms with Crippen molar-refractivity contribution in [3.63, 3.8) is 0 Å². The van der Waals surface area contributed by atoms with Crippen molar-refractivity contribution in [3.8, 4) is 23.3 Å².